The molecule has 0 aliphatic carbocycles. The molecule has 0 spiro atoms. The number of carboxylic acid groups (broad SMARTS) is 1. The van der Waals surface area contributed by atoms with Crippen LogP contribution in [0.1, 0.15) is 12.8 Å². The summed E-state index contributed by atoms with van der Waals surface area (Å²) in [5, 5.41) is 8.68. The summed E-state index contributed by atoms with van der Waals surface area (Å²) in [6, 6.07) is -0.481. The zero-order chi connectivity index (χ0) is 14.8. The van der Waals surface area contributed by atoms with E-state index in [9.17, 15) is 14.4 Å². The molecule has 0 heterocycles. The molecule has 0 atom stereocenters. The van der Waals surface area contributed by atoms with Crippen molar-refractivity contribution in [3.63, 3.8) is 0 Å². The van der Waals surface area contributed by atoms with E-state index in [0.29, 0.717) is 13.0 Å². The second-order valence-corrected chi connectivity index (χ2v) is 3.84. The minimum Gasteiger partial charge on any atom is -0.480 e. The Morgan fingerprint density at radius 1 is 1.37 bits per heavy atom. The van der Waals surface area contributed by atoms with E-state index in [-0.39, 0.29) is 18.9 Å². The van der Waals surface area contributed by atoms with E-state index in [1.54, 1.807) is 0 Å². The van der Waals surface area contributed by atoms with Gasteiger partial charge < -0.3 is 19.6 Å². The van der Waals surface area contributed by atoms with Crippen molar-refractivity contribution in [2.75, 3.05) is 33.8 Å². The summed E-state index contributed by atoms with van der Waals surface area (Å²) in [6.45, 7) is -0.217. The van der Waals surface area contributed by atoms with Gasteiger partial charge in [-0.15, -0.1) is 6.42 Å². The highest BCUT2D eigenvalue weighted by molar-refractivity contribution is 5.80. The SMILES string of the molecule is C#CCN(CC(=O)O)C(=O)N(C)CCCC(=O)OC. The van der Waals surface area contributed by atoms with Gasteiger partial charge in [-0.05, 0) is 6.42 Å². The first-order chi connectivity index (χ1) is 8.92. The van der Waals surface area contributed by atoms with Crippen molar-refractivity contribution < 1.29 is 24.2 Å². The Morgan fingerprint density at radius 3 is 2.47 bits per heavy atom. The van der Waals surface area contributed by atoms with Crippen LogP contribution in [0.4, 0.5) is 4.79 Å². The third-order valence-electron chi connectivity index (χ3n) is 2.31. The molecule has 0 aromatic rings. The van der Waals surface area contributed by atoms with Gasteiger partial charge in [0.2, 0.25) is 0 Å². The quantitative estimate of drug-likeness (QED) is 0.520. The number of carboxylic acids is 1. The average molecular weight is 270 g/mol. The fraction of sp³-hybridized carbons (Fsp3) is 0.583. The number of rotatable bonds is 7. The number of esters is 1. The predicted molar refractivity (Wildman–Crippen MR) is 67.3 cm³/mol. The Bertz CT molecular complexity index is 375. The number of carbonyl (C=O) groups is 3. The van der Waals surface area contributed by atoms with Crippen LogP contribution in [-0.4, -0.2) is 66.7 Å². The Kier molecular flexibility index (Phi) is 7.77. The molecule has 0 aromatic heterocycles. The van der Waals surface area contributed by atoms with Crippen molar-refractivity contribution in [3.05, 3.63) is 0 Å². The lowest BCUT2D eigenvalue weighted by molar-refractivity contribution is -0.140. The highest BCUT2D eigenvalue weighted by Gasteiger charge is 2.19. The minimum atomic E-state index is -1.13. The first kappa shape index (κ1) is 16.8. The normalized spacial score (nSPS) is 9.32. The summed E-state index contributed by atoms with van der Waals surface area (Å²) < 4.78 is 4.47. The molecular formula is C12H18N2O5. The van der Waals surface area contributed by atoms with Crippen molar-refractivity contribution in [2.45, 2.75) is 12.8 Å². The van der Waals surface area contributed by atoms with Crippen LogP contribution in [-0.2, 0) is 14.3 Å². The smallest absolute Gasteiger partial charge is 0.323 e. The fourth-order valence-electron chi connectivity index (χ4n) is 1.36. The van der Waals surface area contributed by atoms with Crippen LogP contribution in [0.5, 0.6) is 0 Å². The maximum absolute atomic E-state index is 11.9. The van der Waals surface area contributed by atoms with E-state index in [1.807, 2.05) is 0 Å². The van der Waals surface area contributed by atoms with E-state index < -0.39 is 18.5 Å². The molecule has 0 aromatic carbocycles. The highest BCUT2D eigenvalue weighted by atomic mass is 16.5. The molecule has 0 aliphatic rings. The number of amides is 2. The van der Waals surface area contributed by atoms with Gasteiger partial charge in [-0.3, -0.25) is 9.59 Å². The van der Waals surface area contributed by atoms with Crippen molar-refractivity contribution >= 4 is 18.0 Å². The Balaban J connectivity index is 4.30. The lowest BCUT2D eigenvalue weighted by atomic mass is 10.3. The molecule has 106 valence electrons. The van der Waals surface area contributed by atoms with E-state index in [4.69, 9.17) is 11.5 Å². The van der Waals surface area contributed by atoms with E-state index in [1.165, 1.54) is 19.1 Å². The summed E-state index contributed by atoms with van der Waals surface area (Å²) in [7, 11) is 2.81. The van der Waals surface area contributed by atoms with Crippen molar-refractivity contribution in [2.24, 2.45) is 0 Å². The first-order valence-electron chi connectivity index (χ1n) is 5.64. The summed E-state index contributed by atoms with van der Waals surface area (Å²) in [4.78, 5) is 35.8. The standard InChI is InChI=1S/C12H18N2O5/c1-4-7-14(9-10(15)16)12(18)13(2)8-5-6-11(17)19-3/h1H,5-9H2,2-3H3,(H,15,16). The maximum Gasteiger partial charge on any atom is 0.323 e. The van der Waals surface area contributed by atoms with Crippen LogP contribution in [0.2, 0.25) is 0 Å². The lowest BCUT2D eigenvalue weighted by Crippen LogP contribution is -2.44. The molecule has 0 saturated carbocycles. The van der Waals surface area contributed by atoms with Crippen LogP contribution in [0, 0.1) is 12.3 Å². The van der Waals surface area contributed by atoms with Gasteiger partial charge in [-0.25, -0.2) is 4.79 Å². The zero-order valence-corrected chi connectivity index (χ0v) is 11.1. The van der Waals surface area contributed by atoms with Gasteiger partial charge in [0.25, 0.3) is 0 Å². The number of ether oxygens (including phenoxy) is 1. The van der Waals surface area contributed by atoms with Gasteiger partial charge in [0.05, 0.1) is 13.7 Å². The molecular weight excluding hydrogens is 252 g/mol. The van der Waals surface area contributed by atoms with Gasteiger partial charge in [0.1, 0.15) is 6.54 Å². The zero-order valence-electron chi connectivity index (χ0n) is 11.1. The van der Waals surface area contributed by atoms with Crippen molar-refractivity contribution in [3.8, 4) is 12.3 Å². The van der Waals surface area contributed by atoms with E-state index in [0.717, 1.165) is 4.90 Å². The molecule has 19 heavy (non-hydrogen) atoms. The predicted octanol–water partition coefficient (Wildman–Crippen LogP) is 0.0112. The van der Waals surface area contributed by atoms with Gasteiger partial charge in [-0.1, -0.05) is 5.92 Å². The topological polar surface area (TPSA) is 87.2 Å². The number of hydrogen-bond acceptors (Lipinski definition) is 4. The van der Waals surface area contributed by atoms with Gasteiger partial charge in [-0.2, -0.15) is 0 Å². The molecule has 7 heteroatoms. The highest BCUT2D eigenvalue weighted by Crippen LogP contribution is 2.00. The van der Waals surface area contributed by atoms with Crippen LogP contribution >= 0.6 is 0 Å². The van der Waals surface area contributed by atoms with Crippen molar-refractivity contribution in [1.82, 2.24) is 9.80 Å². The van der Waals surface area contributed by atoms with Gasteiger partial charge in [0, 0.05) is 20.0 Å². The maximum atomic E-state index is 11.9. The summed E-state index contributed by atoms with van der Waals surface area (Å²) in [5.74, 6) is 0.746. The number of terminal acetylenes is 1. The number of carbonyl (C=O) groups excluding carboxylic acids is 2. The number of urea groups is 1. The molecule has 0 unspecified atom stereocenters. The Hall–Kier alpha value is -2.23. The summed E-state index contributed by atoms with van der Waals surface area (Å²) in [6.07, 6.45) is 5.72. The fourth-order valence-corrected chi connectivity index (χ4v) is 1.36. The largest absolute Gasteiger partial charge is 0.480 e. The van der Waals surface area contributed by atoms with Crippen LogP contribution < -0.4 is 0 Å². The van der Waals surface area contributed by atoms with E-state index >= 15 is 0 Å². The summed E-state index contributed by atoms with van der Waals surface area (Å²) in [5.41, 5.74) is 0. The molecule has 0 aliphatic heterocycles. The third-order valence-corrected chi connectivity index (χ3v) is 2.31. The van der Waals surface area contributed by atoms with Gasteiger partial charge in [0.15, 0.2) is 0 Å². The van der Waals surface area contributed by atoms with Gasteiger partial charge >= 0.3 is 18.0 Å². The second kappa shape index (κ2) is 8.80. The lowest BCUT2D eigenvalue weighted by Gasteiger charge is -2.25. The monoisotopic (exact) mass is 270 g/mol. The summed E-state index contributed by atoms with van der Waals surface area (Å²) >= 11 is 0. The van der Waals surface area contributed by atoms with E-state index in [2.05, 4.69) is 10.7 Å². The Morgan fingerprint density at radius 2 is 2.00 bits per heavy atom. The number of hydrogen-bond donors (Lipinski definition) is 1. The Labute approximate surface area is 112 Å². The number of aliphatic carboxylic acids is 1. The molecule has 2 amide bonds. The average Bonchev–Trinajstić information content (AvgIpc) is 2.36. The van der Waals surface area contributed by atoms with Crippen LogP contribution in [0.25, 0.3) is 0 Å². The minimum absolute atomic E-state index is 0.0769. The molecule has 0 rings (SSSR count). The second-order valence-electron chi connectivity index (χ2n) is 3.84. The molecule has 1 N–H and O–H groups in total. The van der Waals surface area contributed by atoms with Crippen LogP contribution in [0.15, 0.2) is 0 Å². The molecule has 0 fully saturated rings. The third kappa shape index (κ3) is 6.93. The number of nitrogens with zero attached hydrogens (tertiary/aromatic N) is 2. The van der Waals surface area contributed by atoms with Crippen molar-refractivity contribution in [1.29, 1.82) is 0 Å². The van der Waals surface area contributed by atoms with Crippen LogP contribution in [0.3, 0.4) is 0 Å². The molecule has 0 radical (unpaired) electrons. The number of methoxy groups -OCH3 is 1. The first-order valence-corrected chi connectivity index (χ1v) is 5.64. The molecule has 0 saturated heterocycles. The molecule has 0 bridgehead atoms. The molecule has 7 nitrogen and oxygen atoms in total.